The van der Waals surface area contributed by atoms with Crippen molar-refractivity contribution in [1.82, 2.24) is 4.90 Å². The van der Waals surface area contributed by atoms with Crippen molar-refractivity contribution in [3.05, 3.63) is 0 Å². The Balaban J connectivity index is 2.34. The van der Waals surface area contributed by atoms with Gasteiger partial charge in [0.1, 0.15) is 0 Å². The Morgan fingerprint density at radius 1 is 1.32 bits per heavy atom. The van der Waals surface area contributed by atoms with Gasteiger partial charge in [-0.05, 0) is 33.1 Å². The highest BCUT2D eigenvalue weighted by Gasteiger charge is 2.33. The predicted octanol–water partition coefficient (Wildman–Crippen LogP) is 1.90. The summed E-state index contributed by atoms with van der Waals surface area (Å²) in [6.45, 7) is 6.48. The molecule has 0 aromatic heterocycles. The highest BCUT2D eigenvalue weighted by Crippen LogP contribution is 2.28. The molecule has 0 saturated heterocycles. The van der Waals surface area contributed by atoms with Crippen LogP contribution >= 0.6 is 0 Å². The number of carboxylic acids is 1. The Hall–Kier alpha value is -1.10. The van der Waals surface area contributed by atoms with Gasteiger partial charge in [0, 0.05) is 25.6 Å². The molecule has 0 aromatic rings. The van der Waals surface area contributed by atoms with Crippen LogP contribution in [0.15, 0.2) is 0 Å². The van der Waals surface area contributed by atoms with E-state index in [2.05, 4.69) is 0 Å². The molecule has 1 rings (SSSR count). The third-order valence-corrected chi connectivity index (χ3v) is 3.19. The fourth-order valence-electron chi connectivity index (χ4n) is 1.90. The number of amides is 1. The van der Waals surface area contributed by atoms with Crippen LogP contribution in [-0.2, 0) is 14.3 Å². The quantitative estimate of drug-likeness (QED) is 0.650. The molecule has 1 amide bonds. The lowest BCUT2D eigenvalue weighted by atomic mass is 10.1. The summed E-state index contributed by atoms with van der Waals surface area (Å²) in [4.78, 5) is 24.7. The molecule has 0 aromatic carbocycles. The molecule has 0 heterocycles. The first-order chi connectivity index (χ1) is 8.91. The normalized spacial score (nSPS) is 16.4. The minimum Gasteiger partial charge on any atom is -0.481 e. The van der Waals surface area contributed by atoms with E-state index in [1.54, 1.807) is 11.8 Å². The minimum atomic E-state index is -0.846. The fraction of sp³-hybridized carbons (Fsp3) is 0.857. The van der Waals surface area contributed by atoms with Crippen LogP contribution in [0.5, 0.6) is 0 Å². The Morgan fingerprint density at radius 3 is 2.42 bits per heavy atom. The lowest BCUT2D eigenvalue weighted by Gasteiger charge is -2.24. The lowest BCUT2D eigenvalue weighted by molar-refractivity contribution is -0.143. The number of rotatable bonds is 9. The van der Waals surface area contributed by atoms with Crippen molar-refractivity contribution in [2.75, 3.05) is 13.2 Å². The highest BCUT2D eigenvalue weighted by molar-refractivity contribution is 5.78. The molecule has 1 atom stereocenters. The number of aliphatic carboxylic acids is 1. The first-order valence-electron chi connectivity index (χ1n) is 7.05. The molecule has 0 aliphatic heterocycles. The van der Waals surface area contributed by atoms with Gasteiger partial charge in [-0.1, -0.05) is 6.92 Å². The minimum absolute atomic E-state index is 0.0583. The Morgan fingerprint density at radius 2 is 1.95 bits per heavy atom. The molecule has 5 heteroatoms. The van der Waals surface area contributed by atoms with Gasteiger partial charge in [0.2, 0.25) is 5.91 Å². The van der Waals surface area contributed by atoms with E-state index in [0.717, 1.165) is 12.8 Å². The number of ether oxygens (including phenoxy) is 1. The van der Waals surface area contributed by atoms with Gasteiger partial charge in [-0.2, -0.15) is 0 Å². The third-order valence-electron chi connectivity index (χ3n) is 3.19. The monoisotopic (exact) mass is 271 g/mol. The molecule has 19 heavy (non-hydrogen) atoms. The Kier molecular flexibility index (Phi) is 6.28. The summed E-state index contributed by atoms with van der Waals surface area (Å²) in [5.74, 6) is -1.29. The summed E-state index contributed by atoms with van der Waals surface area (Å²) in [6.07, 6.45) is 3.32. The largest absolute Gasteiger partial charge is 0.481 e. The number of carbonyl (C=O) groups is 2. The molecule has 1 aliphatic rings. The summed E-state index contributed by atoms with van der Waals surface area (Å²) in [5.41, 5.74) is 0. The van der Waals surface area contributed by atoms with Gasteiger partial charge in [0.05, 0.1) is 12.0 Å². The number of hydrogen-bond acceptors (Lipinski definition) is 3. The van der Waals surface area contributed by atoms with Crippen LogP contribution in [0.4, 0.5) is 0 Å². The van der Waals surface area contributed by atoms with Crippen LogP contribution in [0.25, 0.3) is 0 Å². The zero-order valence-corrected chi connectivity index (χ0v) is 12.1. The molecule has 110 valence electrons. The number of nitrogens with zero attached hydrogens (tertiary/aromatic N) is 1. The van der Waals surface area contributed by atoms with E-state index in [4.69, 9.17) is 9.84 Å². The number of carbonyl (C=O) groups excluding carboxylic acids is 1. The first-order valence-corrected chi connectivity index (χ1v) is 7.05. The molecule has 1 aliphatic carbocycles. The molecule has 5 nitrogen and oxygen atoms in total. The van der Waals surface area contributed by atoms with Gasteiger partial charge in [-0.15, -0.1) is 0 Å². The molecular formula is C14H25NO4. The highest BCUT2D eigenvalue weighted by atomic mass is 16.5. The standard InChI is InChI=1S/C14H25NO4/c1-10(2)19-8-4-5-13(16)15(12-6-7-12)9-11(3)14(17)18/h10-12H,4-9H2,1-3H3,(H,17,18). The van der Waals surface area contributed by atoms with Gasteiger partial charge in [0.15, 0.2) is 0 Å². The van der Waals surface area contributed by atoms with E-state index in [9.17, 15) is 9.59 Å². The zero-order valence-electron chi connectivity index (χ0n) is 12.1. The van der Waals surface area contributed by atoms with E-state index in [0.29, 0.717) is 26.0 Å². The number of carboxylic acid groups (broad SMARTS) is 1. The average molecular weight is 271 g/mol. The van der Waals surface area contributed by atoms with Gasteiger partial charge >= 0.3 is 5.97 Å². The summed E-state index contributed by atoms with van der Waals surface area (Å²) in [5, 5.41) is 8.93. The second kappa shape index (κ2) is 7.48. The maximum Gasteiger partial charge on any atom is 0.308 e. The summed E-state index contributed by atoms with van der Waals surface area (Å²) in [6, 6.07) is 0.264. The van der Waals surface area contributed by atoms with E-state index in [1.807, 2.05) is 13.8 Å². The van der Waals surface area contributed by atoms with Gasteiger partial charge in [0.25, 0.3) is 0 Å². The Bertz CT molecular complexity index is 313. The topological polar surface area (TPSA) is 66.8 Å². The van der Waals surface area contributed by atoms with Crippen molar-refractivity contribution in [2.24, 2.45) is 5.92 Å². The van der Waals surface area contributed by atoms with E-state index in [-0.39, 0.29) is 18.1 Å². The van der Waals surface area contributed by atoms with E-state index in [1.165, 1.54) is 0 Å². The van der Waals surface area contributed by atoms with Gasteiger partial charge in [-0.25, -0.2) is 0 Å². The lowest BCUT2D eigenvalue weighted by Crippen LogP contribution is -2.38. The fourth-order valence-corrected chi connectivity index (χ4v) is 1.90. The molecule has 0 spiro atoms. The van der Waals surface area contributed by atoms with Crippen molar-refractivity contribution in [3.63, 3.8) is 0 Å². The van der Waals surface area contributed by atoms with Crippen molar-refractivity contribution in [3.8, 4) is 0 Å². The number of hydrogen-bond donors (Lipinski definition) is 1. The molecule has 1 fully saturated rings. The maximum absolute atomic E-state index is 12.1. The summed E-state index contributed by atoms with van der Waals surface area (Å²) >= 11 is 0. The molecular weight excluding hydrogens is 246 g/mol. The van der Waals surface area contributed by atoms with Crippen molar-refractivity contribution < 1.29 is 19.4 Å². The average Bonchev–Trinajstić information content (AvgIpc) is 3.14. The van der Waals surface area contributed by atoms with Crippen LogP contribution in [0.1, 0.15) is 46.5 Å². The second-order valence-corrected chi connectivity index (χ2v) is 5.54. The molecule has 0 radical (unpaired) electrons. The predicted molar refractivity (Wildman–Crippen MR) is 71.9 cm³/mol. The van der Waals surface area contributed by atoms with Crippen molar-refractivity contribution in [1.29, 1.82) is 0 Å². The van der Waals surface area contributed by atoms with Crippen molar-refractivity contribution in [2.45, 2.75) is 58.6 Å². The van der Waals surface area contributed by atoms with E-state index >= 15 is 0 Å². The molecule has 1 unspecified atom stereocenters. The third kappa shape index (κ3) is 6.05. The van der Waals surface area contributed by atoms with Crippen molar-refractivity contribution >= 4 is 11.9 Å². The summed E-state index contributed by atoms with van der Waals surface area (Å²) in [7, 11) is 0. The first kappa shape index (κ1) is 16.0. The van der Waals surface area contributed by atoms with Crippen LogP contribution in [0, 0.1) is 5.92 Å². The molecule has 1 saturated carbocycles. The van der Waals surface area contributed by atoms with Crippen LogP contribution < -0.4 is 0 Å². The molecule has 0 bridgehead atoms. The second-order valence-electron chi connectivity index (χ2n) is 5.54. The van der Waals surface area contributed by atoms with Gasteiger partial charge in [-0.3, -0.25) is 9.59 Å². The van der Waals surface area contributed by atoms with Gasteiger partial charge < -0.3 is 14.7 Å². The molecule has 1 N–H and O–H groups in total. The maximum atomic E-state index is 12.1. The van der Waals surface area contributed by atoms with Crippen LogP contribution in [0.3, 0.4) is 0 Å². The van der Waals surface area contributed by atoms with Crippen LogP contribution in [-0.4, -0.2) is 47.2 Å². The zero-order chi connectivity index (χ0) is 14.4. The smallest absolute Gasteiger partial charge is 0.308 e. The summed E-state index contributed by atoms with van der Waals surface area (Å²) < 4.78 is 5.40. The SMILES string of the molecule is CC(C)OCCCC(=O)N(CC(C)C(=O)O)C1CC1. The Labute approximate surface area is 114 Å². The van der Waals surface area contributed by atoms with Crippen LogP contribution in [0.2, 0.25) is 0 Å². The van der Waals surface area contributed by atoms with E-state index < -0.39 is 11.9 Å².